The van der Waals surface area contributed by atoms with Gasteiger partial charge in [0.1, 0.15) is 0 Å². The molecule has 1 aromatic rings. The summed E-state index contributed by atoms with van der Waals surface area (Å²) in [6, 6.07) is 6.75. The number of benzene rings is 1. The molecule has 1 heterocycles. The van der Waals surface area contributed by atoms with Crippen LogP contribution in [0.15, 0.2) is 18.2 Å². The van der Waals surface area contributed by atoms with Crippen molar-refractivity contribution in [3.63, 3.8) is 0 Å². The zero-order chi connectivity index (χ0) is 12.4. The minimum Gasteiger partial charge on any atom is -0.367 e. The summed E-state index contributed by atoms with van der Waals surface area (Å²) in [4.78, 5) is 2.44. The molecule has 1 fully saturated rings. The average Bonchev–Trinajstić information content (AvgIpc) is 2.32. The lowest BCUT2D eigenvalue weighted by molar-refractivity contribution is 0.627. The fourth-order valence-electron chi connectivity index (χ4n) is 2.12. The molecule has 0 aliphatic carbocycles. The predicted molar refractivity (Wildman–Crippen MR) is 79.7 cm³/mol. The first-order chi connectivity index (χ1) is 8.13. The molecule has 1 saturated heterocycles. The fraction of sp³-hybridized carbons (Fsp3) is 0.538. The van der Waals surface area contributed by atoms with Gasteiger partial charge in [-0.3, -0.25) is 0 Å². The molecule has 2 atom stereocenters. The van der Waals surface area contributed by atoms with Crippen molar-refractivity contribution < 1.29 is 0 Å². The average molecular weight is 290 g/mol. The Labute approximate surface area is 117 Å². The molecular weight excluding hydrogens is 273 g/mol. The Hall–Kier alpha value is -0.0500. The van der Waals surface area contributed by atoms with Crippen LogP contribution in [0.2, 0.25) is 5.02 Å². The Bertz CT molecular complexity index is 397. The van der Waals surface area contributed by atoms with E-state index in [1.807, 2.05) is 23.9 Å². The third-order valence-electron chi connectivity index (χ3n) is 3.40. The molecule has 2 unspecified atom stereocenters. The maximum absolute atomic E-state index is 6.22. The van der Waals surface area contributed by atoms with E-state index in [1.54, 1.807) is 0 Å². The van der Waals surface area contributed by atoms with E-state index in [1.165, 1.54) is 11.4 Å². The number of hydrogen-bond donors (Lipinski definition) is 0. The lowest BCUT2D eigenvalue weighted by Gasteiger charge is -2.39. The number of anilines is 1. The van der Waals surface area contributed by atoms with Crippen LogP contribution in [0, 0.1) is 0 Å². The van der Waals surface area contributed by atoms with Gasteiger partial charge in [0.25, 0.3) is 0 Å². The van der Waals surface area contributed by atoms with E-state index in [0.717, 1.165) is 17.1 Å². The van der Waals surface area contributed by atoms with Crippen molar-refractivity contribution in [1.82, 2.24) is 0 Å². The fourth-order valence-corrected chi connectivity index (χ4v) is 3.76. The Balaban J connectivity index is 2.24. The largest absolute Gasteiger partial charge is 0.367 e. The van der Waals surface area contributed by atoms with Gasteiger partial charge in [-0.05, 0) is 24.6 Å². The highest BCUT2D eigenvalue weighted by Crippen LogP contribution is 2.31. The van der Waals surface area contributed by atoms with Crippen molar-refractivity contribution in [2.45, 2.75) is 31.0 Å². The number of halogens is 2. The Morgan fingerprint density at radius 2 is 2.18 bits per heavy atom. The lowest BCUT2D eigenvalue weighted by atomic mass is 10.1. The van der Waals surface area contributed by atoms with Crippen molar-refractivity contribution in [3.05, 3.63) is 28.8 Å². The van der Waals surface area contributed by atoms with E-state index < -0.39 is 0 Å². The van der Waals surface area contributed by atoms with Crippen molar-refractivity contribution >= 4 is 40.7 Å². The molecule has 0 spiro atoms. The van der Waals surface area contributed by atoms with Crippen LogP contribution in [0.3, 0.4) is 0 Å². The number of alkyl halides is 1. The van der Waals surface area contributed by atoms with Gasteiger partial charge in [-0.15, -0.1) is 11.6 Å². The zero-order valence-electron chi connectivity index (χ0n) is 10.1. The highest BCUT2D eigenvalue weighted by molar-refractivity contribution is 8.00. The van der Waals surface area contributed by atoms with E-state index in [9.17, 15) is 0 Å². The molecule has 1 aliphatic heterocycles. The van der Waals surface area contributed by atoms with Crippen molar-refractivity contribution in [2.24, 2.45) is 0 Å². The molecule has 1 aliphatic rings. The van der Waals surface area contributed by atoms with Gasteiger partial charge in [-0.25, -0.2) is 0 Å². The molecule has 2 rings (SSSR count). The summed E-state index contributed by atoms with van der Waals surface area (Å²) in [5.41, 5.74) is 2.22. The smallest absolute Gasteiger partial charge is 0.0488 e. The predicted octanol–water partition coefficient (Wildman–Crippen LogP) is 4.41. The third kappa shape index (κ3) is 2.86. The first-order valence-electron chi connectivity index (χ1n) is 5.86. The first kappa shape index (κ1) is 13.4. The summed E-state index contributed by atoms with van der Waals surface area (Å²) in [5, 5.41) is 1.44. The monoisotopic (exact) mass is 289 g/mol. The van der Waals surface area contributed by atoms with Gasteiger partial charge in [0.05, 0.1) is 0 Å². The molecule has 0 amide bonds. The van der Waals surface area contributed by atoms with Crippen LogP contribution in [-0.4, -0.2) is 23.6 Å². The SMILES string of the molecule is CC1SCCN(c2ccc(CCl)c(Cl)c2)C1C. The van der Waals surface area contributed by atoms with Gasteiger partial charge in [0.2, 0.25) is 0 Å². The maximum atomic E-state index is 6.22. The van der Waals surface area contributed by atoms with Crippen LogP contribution in [0.1, 0.15) is 19.4 Å². The van der Waals surface area contributed by atoms with Crippen LogP contribution >= 0.6 is 35.0 Å². The molecular formula is C13H17Cl2NS. The summed E-state index contributed by atoms with van der Waals surface area (Å²) < 4.78 is 0. The van der Waals surface area contributed by atoms with Crippen LogP contribution in [0.5, 0.6) is 0 Å². The van der Waals surface area contributed by atoms with E-state index >= 15 is 0 Å². The zero-order valence-corrected chi connectivity index (χ0v) is 12.4. The number of nitrogens with zero attached hydrogens (tertiary/aromatic N) is 1. The highest BCUT2D eigenvalue weighted by atomic mass is 35.5. The quantitative estimate of drug-likeness (QED) is 0.742. The Morgan fingerprint density at radius 3 is 2.82 bits per heavy atom. The van der Waals surface area contributed by atoms with Gasteiger partial charge < -0.3 is 4.90 Å². The molecule has 0 aromatic heterocycles. The first-order valence-corrected chi connectivity index (χ1v) is 7.82. The maximum Gasteiger partial charge on any atom is 0.0488 e. The standard InChI is InChI=1S/C13H17Cl2NS/c1-9-10(2)17-6-5-16(9)12-4-3-11(8-14)13(15)7-12/h3-4,7,9-10H,5-6,8H2,1-2H3. The van der Waals surface area contributed by atoms with Crippen molar-refractivity contribution in [3.8, 4) is 0 Å². The molecule has 4 heteroatoms. The molecule has 0 radical (unpaired) electrons. The normalized spacial score (nSPS) is 25.1. The van der Waals surface area contributed by atoms with Gasteiger partial charge in [-0.1, -0.05) is 24.6 Å². The number of hydrogen-bond acceptors (Lipinski definition) is 2. The minimum absolute atomic E-state index is 0.473. The molecule has 94 valence electrons. The molecule has 1 aromatic carbocycles. The lowest BCUT2D eigenvalue weighted by Crippen LogP contribution is -2.44. The van der Waals surface area contributed by atoms with E-state index in [0.29, 0.717) is 17.2 Å². The number of rotatable bonds is 2. The molecule has 0 bridgehead atoms. The second kappa shape index (κ2) is 5.73. The molecule has 1 nitrogen and oxygen atoms in total. The summed E-state index contributed by atoms with van der Waals surface area (Å²) in [7, 11) is 0. The van der Waals surface area contributed by atoms with Crippen molar-refractivity contribution in [2.75, 3.05) is 17.2 Å². The summed E-state index contributed by atoms with van der Waals surface area (Å²) in [5.74, 6) is 1.65. The highest BCUT2D eigenvalue weighted by Gasteiger charge is 2.25. The van der Waals surface area contributed by atoms with Crippen LogP contribution < -0.4 is 4.90 Å². The minimum atomic E-state index is 0.473. The van der Waals surface area contributed by atoms with Crippen LogP contribution in [0.25, 0.3) is 0 Å². The van der Waals surface area contributed by atoms with Crippen LogP contribution in [0.4, 0.5) is 5.69 Å². The van der Waals surface area contributed by atoms with Gasteiger partial charge in [0.15, 0.2) is 0 Å². The third-order valence-corrected chi connectivity index (χ3v) is 5.37. The van der Waals surface area contributed by atoms with Crippen LogP contribution in [-0.2, 0) is 5.88 Å². The van der Waals surface area contributed by atoms with Gasteiger partial charge in [-0.2, -0.15) is 11.8 Å². The Morgan fingerprint density at radius 1 is 1.41 bits per heavy atom. The summed E-state index contributed by atoms with van der Waals surface area (Å²) in [6.45, 7) is 5.66. The second-order valence-electron chi connectivity index (χ2n) is 4.42. The van der Waals surface area contributed by atoms with Gasteiger partial charge >= 0.3 is 0 Å². The van der Waals surface area contributed by atoms with Crippen molar-refractivity contribution in [1.29, 1.82) is 0 Å². The molecule has 0 saturated carbocycles. The van der Waals surface area contributed by atoms with E-state index in [4.69, 9.17) is 23.2 Å². The second-order valence-corrected chi connectivity index (χ2v) is 6.58. The van der Waals surface area contributed by atoms with Gasteiger partial charge in [0, 0.05) is 40.2 Å². The summed E-state index contributed by atoms with van der Waals surface area (Å²) in [6.07, 6.45) is 0. The van der Waals surface area contributed by atoms with E-state index in [2.05, 4.69) is 24.8 Å². The van der Waals surface area contributed by atoms with E-state index in [-0.39, 0.29) is 0 Å². The summed E-state index contributed by atoms with van der Waals surface area (Å²) >= 11 is 14.1. The Kier molecular flexibility index (Phi) is 4.51. The number of thioether (sulfide) groups is 1. The molecule has 17 heavy (non-hydrogen) atoms. The topological polar surface area (TPSA) is 3.24 Å². The molecule has 0 N–H and O–H groups in total.